The van der Waals surface area contributed by atoms with E-state index in [2.05, 4.69) is 15.4 Å². The van der Waals surface area contributed by atoms with Crippen LogP contribution >= 0.6 is 11.3 Å². The Labute approximate surface area is 132 Å². The molecule has 0 fully saturated rings. The van der Waals surface area contributed by atoms with Crippen LogP contribution in [0.4, 0.5) is 0 Å². The number of amides is 1. The summed E-state index contributed by atoms with van der Waals surface area (Å²) >= 11 is 1.60. The maximum absolute atomic E-state index is 12.0. The highest BCUT2D eigenvalue weighted by Gasteiger charge is 2.10. The molecule has 0 saturated carbocycles. The monoisotopic (exact) mass is 312 g/mol. The quantitative estimate of drug-likeness (QED) is 0.788. The lowest BCUT2D eigenvalue weighted by Crippen LogP contribution is -2.27. The molecule has 1 amide bonds. The van der Waals surface area contributed by atoms with Gasteiger partial charge in [-0.25, -0.2) is 9.67 Å². The number of carbonyl (C=O) groups is 1. The Bertz CT molecular complexity index is 720. The number of nitrogens with one attached hydrogen (secondary N) is 1. The average Bonchev–Trinajstić information content (AvgIpc) is 3.20. The summed E-state index contributed by atoms with van der Waals surface area (Å²) in [5.41, 5.74) is 2.00. The van der Waals surface area contributed by atoms with Crippen molar-refractivity contribution in [1.82, 2.24) is 20.1 Å². The van der Waals surface area contributed by atoms with E-state index in [0.717, 1.165) is 16.1 Å². The Morgan fingerprint density at radius 2 is 2.14 bits per heavy atom. The van der Waals surface area contributed by atoms with E-state index in [0.29, 0.717) is 6.42 Å². The second kappa shape index (κ2) is 6.53. The minimum absolute atomic E-state index is 0.0303. The van der Waals surface area contributed by atoms with Gasteiger partial charge in [0.1, 0.15) is 12.7 Å². The van der Waals surface area contributed by atoms with Crippen molar-refractivity contribution in [3.05, 3.63) is 64.9 Å². The summed E-state index contributed by atoms with van der Waals surface area (Å²) in [6.45, 7) is 1.98. The van der Waals surface area contributed by atoms with Gasteiger partial charge < -0.3 is 5.32 Å². The SMILES string of the molecule is C[C@H](NC(=O)Cc1cccs1)c1ccc(-n2cncn2)cc1. The van der Waals surface area contributed by atoms with Gasteiger partial charge in [0.25, 0.3) is 0 Å². The Kier molecular flexibility index (Phi) is 4.29. The van der Waals surface area contributed by atoms with Crippen molar-refractivity contribution in [3.63, 3.8) is 0 Å². The van der Waals surface area contributed by atoms with Crippen LogP contribution < -0.4 is 5.32 Å². The Morgan fingerprint density at radius 1 is 1.32 bits per heavy atom. The molecule has 1 N–H and O–H groups in total. The largest absolute Gasteiger partial charge is 0.349 e. The van der Waals surface area contributed by atoms with E-state index >= 15 is 0 Å². The van der Waals surface area contributed by atoms with Crippen LogP contribution in [0.3, 0.4) is 0 Å². The van der Waals surface area contributed by atoms with Crippen LogP contribution in [0.15, 0.2) is 54.4 Å². The molecular weight excluding hydrogens is 296 g/mol. The smallest absolute Gasteiger partial charge is 0.225 e. The zero-order valence-electron chi connectivity index (χ0n) is 12.1. The van der Waals surface area contributed by atoms with Crippen molar-refractivity contribution in [2.45, 2.75) is 19.4 Å². The van der Waals surface area contributed by atoms with E-state index in [1.165, 1.54) is 6.33 Å². The van der Waals surface area contributed by atoms with Gasteiger partial charge in [0.05, 0.1) is 18.2 Å². The van der Waals surface area contributed by atoms with Crippen molar-refractivity contribution in [1.29, 1.82) is 0 Å². The van der Waals surface area contributed by atoms with Gasteiger partial charge in [-0.1, -0.05) is 18.2 Å². The van der Waals surface area contributed by atoms with E-state index in [-0.39, 0.29) is 11.9 Å². The number of benzene rings is 1. The first-order valence-electron chi connectivity index (χ1n) is 6.99. The molecule has 5 nitrogen and oxygen atoms in total. The molecule has 3 aromatic rings. The predicted molar refractivity (Wildman–Crippen MR) is 85.9 cm³/mol. The summed E-state index contributed by atoms with van der Waals surface area (Å²) in [5.74, 6) is 0.0373. The molecule has 1 atom stereocenters. The normalized spacial score (nSPS) is 12.0. The minimum atomic E-state index is -0.0303. The van der Waals surface area contributed by atoms with E-state index < -0.39 is 0 Å². The molecule has 0 bridgehead atoms. The maximum atomic E-state index is 12.0. The average molecular weight is 312 g/mol. The predicted octanol–water partition coefficient (Wildman–Crippen LogP) is 2.75. The first kappa shape index (κ1) is 14.5. The number of rotatable bonds is 5. The minimum Gasteiger partial charge on any atom is -0.349 e. The summed E-state index contributed by atoms with van der Waals surface area (Å²) in [7, 11) is 0. The molecule has 0 spiro atoms. The standard InChI is InChI=1S/C16H16N4OS/c1-12(19-16(21)9-15-3-2-8-22-15)13-4-6-14(7-5-13)20-11-17-10-18-20/h2-8,10-12H,9H2,1H3,(H,19,21)/t12-/m0/s1. The lowest BCUT2D eigenvalue weighted by molar-refractivity contribution is -0.121. The van der Waals surface area contributed by atoms with Gasteiger partial charge in [0.15, 0.2) is 0 Å². The van der Waals surface area contributed by atoms with Crippen molar-refractivity contribution >= 4 is 17.2 Å². The van der Waals surface area contributed by atoms with Gasteiger partial charge >= 0.3 is 0 Å². The first-order valence-corrected chi connectivity index (χ1v) is 7.87. The molecule has 112 valence electrons. The Morgan fingerprint density at radius 3 is 2.77 bits per heavy atom. The number of nitrogens with zero attached hydrogens (tertiary/aromatic N) is 3. The lowest BCUT2D eigenvalue weighted by Gasteiger charge is -2.14. The molecule has 0 unspecified atom stereocenters. The Balaban J connectivity index is 1.62. The third-order valence-corrected chi connectivity index (χ3v) is 4.25. The van der Waals surface area contributed by atoms with Crippen LogP contribution in [0.5, 0.6) is 0 Å². The molecule has 2 aromatic heterocycles. The second-order valence-corrected chi connectivity index (χ2v) is 6.01. The molecule has 6 heteroatoms. The molecule has 1 aromatic carbocycles. The maximum Gasteiger partial charge on any atom is 0.225 e. The number of hydrogen-bond donors (Lipinski definition) is 1. The summed E-state index contributed by atoms with van der Waals surface area (Å²) in [5, 5.41) is 9.09. The first-order chi connectivity index (χ1) is 10.7. The third-order valence-electron chi connectivity index (χ3n) is 3.37. The van der Waals surface area contributed by atoms with Gasteiger partial charge in [-0.3, -0.25) is 4.79 Å². The molecule has 3 rings (SSSR count). The molecule has 0 saturated heterocycles. The molecule has 0 aliphatic carbocycles. The zero-order valence-corrected chi connectivity index (χ0v) is 13.0. The van der Waals surface area contributed by atoms with Gasteiger partial charge in [0.2, 0.25) is 5.91 Å². The second-order valence-electron chi connectivity index (χ2n) is 4.98. The van der Waals surface area contributed by atoms with Crippen LogP contribution in [-0.4, -0.2) is 20.7 Å². The molecule has 0 aliphatic heterocycles. The van der Waals surface area contributed by atoms with Crippen molar-refractivity contribution in [2.75, 3.05) is 0 Å². The third kappa shape index (κ3) is 3.40. The summed E-state index contributed by atoms with van der Waals surface area (Å²) in [6, 6.07) is 11.8. The van der Waals surface area contributed by atoms with Crippen molar-refractivity contribution < 1.29 is 4.79 Å². The number of aromatic nitrogens is 3. The van der Waals surface area contributed by atoms with E-state index in [1.807, 2.05) is 48.7 Å². The summed E-state index contributed by atoms with van der Waals surface area (Å²) < 4.78 is 1.70. The van der Waals surface area contributed by atoms with Gasteiger partial charge in [-0.2, -0.15) is 5.10 Å². The summed E-state index contributed by atoms with van der Waals surface area (Å²) in [6.07, 6.45) is 3.58. The molecule has 2 heterocycles. The van der Waals surface area contributed by atoms with Crippen molar-refractivity contribution in [2.24, 2.45) is 0 Å². The fraction of sp³-hybridized carbons (Fsp3) is 0.188. The van der Waals surface area contributed by atoms with E-state index in [9.17, 15) is 4.79 Å². The highest BCUT2D eigenvalue weighted by Crippen LogP contribution is 2.16. The van der Waals surface area contributed by atoms with Crippen LogP contribution in [0.2, 0.25) is 0 Å². The van der Waals surface area contributed by atoms with E-state index in [1.54, 1.807) is 22.3 Å². The van der Waals surface area contributed by atoms with Gasteiger partial charge in [-0.05, 0) is 36.1 Å². The summed E-state index contributed by atoms with van der Waals surface area (Å²) in [4.78, 5) is 17.0. The van der Waals surface area contributed by atoms with Crippen LogP contribution in [0.25, 0.3) is 5.69 Å². The molecular formula is C16H16N4OS. The highest BCUT2D eigenvalue weighted by molar-refractivity contribution is 7.10. The van der Waals surface area contributed by atoms with Crippen LogP contribution in [-0.2, 0) is 11.2 Å². The number of hydrogen-bond acceptors (Lipinski definition) is 4. The zero-order chi connectivity index (χ0) is 15.4. The van der Waals surface area contributed by atoms with Crippen molar-refractivity contribution in [3.8, 4) is 5.69 Å². The lowest BCUT2D eigenvalue weighted by atomic mass is 10.1. The molecule has 0 aliphatic rings. The van der Waals surface area contributed by atoms with Gasteiger partial charge in [0, 0.05) is 4.88 Å². The van der Waals surface area contributed by atoms with E-state index in [4.69, 9.17) is 0 Å². The molecule has 22 heavy (non-hydrogen) atoms. The van der Waals surface area contributed by atoms with Crippen LogP contribution in [0, 0.1) is 0 Å². The number of carbonyl (C=O) groups excluding carboxylic acids is 1. The number of thiophene rings is 1. The van der Waals surface area contributed by atoms with Gasteiger partial charge in [-0.15, -0.1) is 11.3 Å². The fourth-order valence-electron chi connectivity index (χ4n) is 2.20. The molecule has 0 radical (unpaired) electrons. The fourth-order valence-corrected chi connectivity index (χ4v) is 2.91. The Hall–Kier alpha value is -2.47. The van der Waals surface area contributed by atoms with Crippen LogP contribution in [0.1, 0.15) is 23.4 Å². The highest BCUT2D eigenvalue weighted by atomic mass is 32.1. The topological polar surface area (TPSA) is 59.8 Å².